The SMILES string of the molecule is CC(=O)c1cccc(NC(=O)C2CCCN(S(=O)(=O)c3c(C)noc3/C=C/c3ccc(C)cc3)C2)c1. The summed E-state index contributed by atoms with van der Waals surface area (Å²) in [6.45, 7) is 5.40. The van der Waals surface area contributed by atoms with Crippen molar-refractivity contribution in [1.82, 2.24) is 9.46 Å². The van der Waals surface area contributed by atoms with Gasteiger partial charge in [0.25, 0.3) is 0 Å². The number of ketones is 1. The molecule has 36 heavy (non-hydrogen) atoms. The number of nitrogens with one attached hydrogen (secondary N) is 1. The maximum Gasteiger partial charge on any atom is 0.248 e. The van der Waals surface area contributed by atoms with E-state index in [1.807, 2.05) is 31.2 Å². The van der Waals surface area contributed by atoms with Crippen LogP contribution in [0.1, 0.15) is 52.7 Å². The van der Waals surface area contributed by atoms with Gasteiger partial charge in [-0.2, -0.15) is 4.31 Å². The number of nitrogens with zero attached hydrogens (tertiary/aromatic N) is 2. The van der Waals surface area contributed by atoms with E-state index >= 15 is 0 Å². The van der Waals surface area contributed by atoms with E-state index < -0.39 is 15.9 Å². The molecule has 1 fully saturated rings. The second-order valence-electron chi connectivity index (χ2n) is 9.03. The molecular weight excluding hydrogens is 478 g/mol. The third-order valence-electron chi connectivity index (χ3n) is 6.23. The lowest BCUT2D eigenvalue weighted by Crippen LogP contribution is -2.43. The normalized spacial score (nSPS) is 16.8. The van der Waals surface area contributed by atoms with Crippen LogP contribution in [0.25, 0.3) is 12.2 Å². The number of rotatable bonds is 7. The quantitative estimate of drug-likeness (QED) is 0.464. The van der Waals surface area contributed by atoms with Crippen LogP contribution in [-0.4, -0.2) is 42.7 Å². The van der Waals surface area contributed by atoms with Crippen molar-refractivity contribution < 1.29 is 22.5 Å². The van der Waals surface area contributed by atoms with Crippen molar-refractivity contribution in [2.24, 2.45) is 5.92 Å². The van der Waals surface area contributed by atoms with Crippen LogP contribution in [0.5, 0.6) is 0 Å². The van der Waals surface area contributed by atoms with Crippen LogP contribution in [0.4, 0.5) is 5.69 Å². The number of hydrogen-bond donors (Lipinski definition) is 1. The van der Waals surface area contributed by atoms with Crippen LogP contribution in [0.2, 0.25) is 0 Å². The molecule has 0 spiro atoms. The maximum atomic E-state index is 13.6. The van der Waals surface area contributed by atoms with Crippen molar-refractivity contribution >= 4 is 39.6 Å². The molecule has 3 aromatic rings. The summed E-state index contributed by atoms with van der Waals surface area (Å²) in [5.41, 5.74) is 3.30. The van der Waals surface area contributed by atoms with Gasteiger partial charge in [0, 0.05) is 24.3 Å². The third kappa shape index (κ3) is 5.63. The zero-order valence-corrected chi connectivity index (χ0v) is 21.3. The minimum absolute atomic E-state index is 0.0149. The molecule has 1 aliphatic heterocycles. The number of Topliss-reactive ketones (excluding diaryl/α,β-unsaturated/α-hetero) is 1. The lowest BCUT2D eigenvalue weighted by atomic mass is 9.98. The summed E-state index contributed by atoms with van der Waals surface area (Å²) in [6.07, 6.45) is 4.49. The molecule has 1 saturated heterocycles. The fourth-order valence-corrected chi connectivity index (χ4v) is 5.99. The summed E-state index contributed by atoms with van der Waals surface area (Å²) in [6, 6.07) is 14.5. The number of aryl methyl sites for hydroxylation is 2. The zero-order chi connectivity index (χ0) is 25.9. The Labute approximate surface area is 211 Å². The topological polar surface area (TPSA) is 110 Å². The molecule has 1 amide bonds. The number of sulfonamides is 1. The summed E-state index contributed by atoms with van der Waals surface area (Å²) in [4.78, 5) is 24.6. The molecule has 0 aliphatic carbocycles. The van der Waals surface area contributed by atoms with Crippen LogP contribution < -0.4 is 5.32 Å². The Hall–Kier alpha value is -3.56. The molecule has 1 unspecified atom stereocenters. The van der Waals surface area contributed by atoms with Gasteiger partial charge in [0.1, 0.15) is 5.69 Å². The van der Waals surface area contributed by atoms with E-state index in [9.17, 15) is 18.0 Å². The molecule has 9 heteroatoms. The predicted molar refractivity (Wildman–Crippen MR) is 138 cm³/mol. The molecule has 4 rings (SSSR count). The van der Waals surface area contributed by atoms with Gasteiger partial charge in [-0.3, -0.25) is 9.59 Å². The number of amides is 1. The molecule has 1 aromatic heterocycles. The molecule has 0 saturated carbocycles. The number of piperidine rings is 1. The highest BCUT2D eigenvalue weighted by atomic mass is 32.2. The van der Waals surface area contributed by atoms with Gasteiger partial charge >= 0.3 is 0 Å². The summed E-state index contributed by atoms with van der Waals surface area (Å²) >= 11 is 0. The minimum atomic E-state index is -3.95. The molecule has 2 aromatic carbocycles. The van der Waals surface area contributed by atoms with Gasteiger partial charge in [-0.25, -0.2) is 8.42 Å². The Kier molecular flexibility index (Phi) is 7.51. The van der Waals surface area contributed by atoms with Gasteiger partial charge in [-0.1, -0.05) is 53.2 Å². The highest BCUT2D eigenvalue weighted by Gasteiger charge is 2.37. The molecule has 2 heterocycles. The molecule has 188 valence electrons. The summed E-state index contributed by atoms with van der Waals surface area (Å²) in [7, 11) is -3.95. The number of carbonyl (C=O) groups is 2. The smallest absolute Gasteiger partial charge is 0.248 e. The summed E-state index contributed by atoms with van der Waals surface area (Å²) in [5, 5.41) is 6.72. The second-order valence-corrected chi connectivity index (χ2v) is 10.9. The Bertz CT molecular complexity index is 1410. The van der Waals surface area contributed by atoms with Crippen LogP contribution in [0, 0.1) is 19.8 Å². The van der Waals surface area contributed by atoms with E-state index in [0.29, 0.717) is 30.6 Å². The monoisotopic (exact) mass is 507 g/mol. The average Bonchev–Trinajstić information content (AvgIpc) is 3.25. The van der Waals surface area contributed by atoms with Crippen LogP contribution in [0.3, 0.4) is 0 Å². The molecule has 8 nitrogen and oxygen atoms in total. The Morgan fingerprint density at radius 2 is 1.86 bits per heavy atom. The van der Waals surface area contributed by atoms with Gasteiger partial charge < -0.3 is 9.84 Å². The minimum Gasteiger partial charge on any atom is -0.355 e. The highest BCUT2D eigenvalue weighted by molar-refractivity contribution is 7.89. The molecule has 1 aliphatic rings. The first-order chi connectivity index (χ1) is 17.1. The molecular formula is C27H29N3O5S. The predicted octanol–water partition coefficient (Wildman–Crippen LogP) is 4.70. The van der Waals surface area contributed by atoms with Crippen molar-refractivity contribution in [1.29, 1.82) is 0 Å². The van der Waals surface area contributed by atoms with Crippen LogP contribution >= 0.6 is 0 Å². The Morgan fingerprint density at radius 1 is 1.11 bits per heavy atom. The van der Waals surface area contributed by atoms with Crippen molar-refractivity contribution in [2.75, 3.05) is 18.4 Å². The zero-order valence-electron chi connectivity index (χ0n) is 20.5. The van der Waals surface area contributed by atoms with Crippen molar-refractivity contribution in [3.05, 3.63) is 76.7 Å². The lowest BCUT2D eigenvalue weighted by Gasteiger charge is -2.31. The van der Waals surface area contributed by atoms with Gasteiger partial charge in [0.05, 0.1) is 5.92 Å². The fraction of sp³-hybridized carbons (Fsp3) is 0.296. The Balaban J connectivity index is 1.52. The van der Waals surface area contributed by atoms with Crippen molar-refractivity contribution in [2.45, 2.75) is 38.5 Å². The number of anilines is 1. The number of hydrogen-bond acceptors (Lipinski definition) is 6. The van der Waals surface area contributed by atoms with Gasteiger partial charge in [-0.05, 0) is 57.4 Å². The maximum absolute atomic E-state index is 13.6. The fourth-order valence-electron chi connectivity index (χ4n) is 4.21. The number of carbonyl (C=O) groups excluding carboxylic acids is 2. The second kappa shape index (κ2) is 10.6. The largest absolute Gasteiger partial charge is 0.355 e. The summed E-state index contributed by atoms with van der Waals surface area (Å²) in [5.74, 6) is -0.753. The number of benzene rings is 2. The first kappa shape index (κ1) is 25.5. The van der Waals surface area contributed by atoms with Crippen LogP contribution in [0.15, 0.2) is 57.9 Å². The standard InChI is InChI=1S/C27H29N3O5S/c1-18-9-11-21(12-10-18)13-14-25-26(19(2)29-35-25)36(33,34)30-15-5-7-23(17-30)27(32)28-24-8-4-6-22(16-24)20(3)31/h4,6,8-14,16,23H,5,7,15,17H2,1-3H3,(H,28,32)/b14-13+. The van der Waals surface area contributed by atoms with E-state index in [0.717, 1.165) is 11.1 Å². The highest BCUT2D eigenvalue weighted by Crippen LogP contribution is 2.30. The summed E-state index contributed by atoms with van der Waals surface area (Å²) < 4.78 is 33.9. The lowest BCUT2D eigenvalue weighted by molar-refractivity contribution is -0.120. The molecule has 0 bridgehead atoms. The first-order valence-electron chi connectivity index (χ1n) is 11.8. The molecule has 1 N–H and O–H groups in total. The molecule has 0 radical (unpaired) electrons. The van der Waals surface area contributed by atoms with Crippen molar-refractivity contribution in [3.63, 3.8) is 0 Å². The number of aromatic nitrogens is 1. The van der Waals surface area contributed by atoms with E-state index in [2.05, 4.69) is 10.5 Å². The third-order valence-corrected chi connectivity index (χ3v) is 8.25. The van der Waals surface area contributed by atoms with Gasteiger partial charge in [-0.15, -0.1) is 0 Å². The Morgan fingerprint density at radius 3 is 2.58 bits per heavy atom. The van der Waals surface area contributed by atoms with E-state index in [4.69, 9.17) is 4.52 Å². The van der Waals surface area contributed by atoms with E-state index in [1.165, 1.54) is 11.2 Å². The van der Waals surface area contributed by atoms with Crippen molar-refractivity contribution in [3.8, 4) is 0 Å². The average molecular weight is 508 g/mol. The van der Waals surface area contributed by atoms with E-state index in [-0.39, 0.29) is 34.6 Å². The van der Waals surface area contributed by atoms with Crippen LogP contribution in [-0.2, 0) is 14.8 Å². The van der Waals surface area contributed by atoms with Gasteiger partial charge in [0.2, 0.25) is 15.9 Å². The molecule has 1 atom stereocenters. The van der Waals surface area contributed by atoms with E-state index in [1.54, 1.807) is 43.3 Å². The first-order valence-corrected chi connectivity index (χ1v) is 13.2. The van der Waals surface area contributed by atoms with Gasteiger partial charge in [0.15, 0.2) is 16.4 Å².